The van der Waals surface area contributed by atoms with Crippen LogP contribution in [0.2, 0.25) is 5.02 Å². The molecule has 6 heteroatoms. The van der Waals surface area contributed by atoms with E-state index in [0.717, 1.165) is 21.2 Å². The third kappa shape index (κ3) is 4.53. The number of amides is 1. The number of aliphatic imine (C=N–C) groups is 1. The van der Waals surface area contributed by atoms with Crippen molar-refractivity contribution in [2.24, 2.45) is 10.1 Å². The highest BCUT2D eigenvalue weighted by molar-refractivity contribution is 9.10. The molecule has 1 amide bonds. The van der Waals surface area contributed by atoms with Crippen LogP contribution in [0, 0.1) is 0 Å². The second kappa shape index (κ2) is 8.55. The fourth-order valence-corrected chi connectivity index (χ4v) is 3.17. The SMILES string of the molecule is O=C1/C(=C\c2ccc(Br)cc2)N=C(c2ccccc2)N1/N=C/c1ccc(Cl)cc1. The van der Waals surface area contributed by atoms with Crippen LogP contribution in [-0.4, -0.2) is 23.0 Å². The van der Waals surface area contributed by atoms with Crippen LogP contribution >= 0.6 is 27.5 Å². The van der Waals surface area contributed by atoms with Crippen LogP contribution in [0.4, 0.5) is 0 Å². The third-order valence-electron chi connectivity index (χ3n) is 4.24. The number of hydrogen-bond donors (Lipinski definition) is 0. The minimum atomic E-state index is -0.281. The molecule has 3 aromatic carbocycles. The van der Waals surface area contributed by atoms with Crippen molar-refractivity contribution < 1.29 is 4.79 Å². The van der Waals surface area contributed by atoms with Gasteiger partial charge in [0, 0.05) is 15.1 Å². The summed E-state index contributed by atoms with van der Waals surface area (Å²) in [6.45, 7) is 0. The summed E-state index contributed by atoms with van der Waals surface area (Å²) in [5.74, 6) is 0.209. The molecule has 0 aliphatic carbocycles. The van der Waals surface area contributed by atoms with Crippen LogP contribution in [0.15, 0.2) is 99.1 Å². The molecule has 1 aliphatic rings. The highest BCUT2D eigenvalue weighted by atomic mass is 79.9. The molecule has 142 valence electrons. The number of carbonyl (C=O) groups excluding carboxylic acids is 1. The molecule has 1 heterocycles. The van der Waals surface area contributed by atoms with Crippen molar-refractivity contribution in [3.63, 3.8) is 0 Å². The number of halogens is 2. The molecular weight excluding hydrogens is 450 g/mol. The fourth-order valence-electron chi connectivity index (χ4n) is 2.78. The maximum atomic E-state index is 13.0. The molecule has 0 atom stereocenters. The van der Waals surface area contributed by atoms with Crippen molar-refractivity contribution in [3.05, 3.63) is 111 Å². The summed E-state index contributed by atoms with van der Waals surface area (Å²) in [6.07, 6.45) is 3.38. The summed E-state index contributed by atoms with van der Waals surface area (Å²) >= 11 is 9.35. The van der Waals surface area contributed by atoms with E-state index in [4.69, 9.17) is 11.6 Å². The van der Waals surface area contributed by atoms with Crippen molar-refractivity contribution in [2.75, 3.05) is 0 Å². The molecule has 0 bridgehead atoms. The molecule has 1 aliphatic heterocycles. The molecule has 0 radical (unpaired) electrons. The molecule has 4 nitrogen and oxygen atoms in total. The van der Waals surface area contributed by atoms with Crippen LogP contribution in [0.5, 0.6) is 0 Å². The topological polar surface area (TPSA) is 45.0 Å². The Hall–Kier alpha value is -3.02. The maximum Gasteiger partial charge on any atom is 0.298 e. The van der Waals surface area contributed by atoms with Gasteiger partial charge in [-0.15, -0.1) is 0 Å². The molecule has 0 saturated heterocycles. The Kier molecular flexibility index (Phi) is 5.69. The number of rotatable bonds is 4. The average Bonchev–Trinajstić information content (AvgIpc) is 3.05. The van der Waals surface area contributed by atoms with Gasteiger partial charge in [-0.2, -0.15) is 10.1 Å². The lowest BCUT2D eigenvalue weighted by molar-refractivity contribution is -0.122. The van der Waals surface area contributed by atoms with Crippen molar-refractivity contribution in [1.82, 2.24) is 5.01 Å². The number of amidine groups is 1. The van der Waals surface area contributed by atoms with Gasteiger partial charge in [-0.05, 0) is 41.5 Å². The average molecular weight is 465 g/mol. The van der Waals surface area contributed by atoms with E-state index in [9.17, 15) is 4.79 Å². The lowest BCUT2D eigenvalue weighted by Gasteiger charge is -2.11. The number of hydrazone groups is 1. The second-order valence-electron chi connectivity index (χ2n) is 6.30. The molecule has 0 spiro atoms. The molecule has 0 aromatic heterocycles. The van der Waals surface area contributed by atoms with Gasteiger partial charge in [0.2, 0.25) is 0 Å². The number of benzene rings is 3. The van der Waals surface area contributed by atoms with E-state index in [1.807, 2.05) is 66.7 Å². The van der Waals surface area contributed by atoms with Gasteiger partial charge >= 0.3 is 0 Å². The van der Waals surface area contributed by atoms with Gasteiger partial charge < -0.3 is 0 Å². The zero-order valence-corrected chi connectivity index (χ0v) is 17.5. The lowest BCUT2D eigenvalue weighted by atomic mass is 10.2. The van der Waals surface area contributed by atoms with Gasteiger partial charge in [0.1, 0.15) is 5.70 Å². The summed E-state index contributed by atoms with van der Waals surface area (Å²) in [4.78, 5) is 17.6. The Bertz CT molecular complexity index is 1120. The molecule has 4 rings (SSSR count). The number of nitrogens with zero attached hydrogens (tertiary/aromatic N) is 3. The standard InChI is InChI=1S/C23H15BrClN3O/c24-19-10-6-16(7-11-19)14-21-23(29)28(22(27-21)18-4-2-1-3-5-18)26-15-17-8-12-20(25)13-9-17/h1-15H/b21-14+,26-15+. The van der Waals surface area contributed by atoms with E-state index >= 15 is 0 Å². The predicted molar refractivity (Wildman–Crippen MR) is 121 cm³/mol. The van der Waals surface area contributed by atoms with Crippen molar-refractivity contribution in [2.45, 2.75) is 0 Å². The first-order valence-electron chi connectivity index (χ1n) is 8.85. The van der Waals surface area contributed by atoms with Gasteiger partial charge in [0.25, 0.3) is 5.91 Å². The molecule has 3 aromatic rings. The van der Waals surface area contributed by atoms with Gasteiger partial charge in [-0.25, -0.2) is 4.99 Å². The Morgan fingerprint density at radius 1 is 0.897 bits per heavy atom. The first kappa shape index (κ1) is 19.3. The predicted octanol–water partition coefficient (Wildman–Crippen LogP) is 5.77. The second-order valence-corrected chi connectivity index (χ2v) is 7.65. The van der Waals surface area contributed by atoms with Gasteiger partial charge in [-0.1, -0.05) is 82.1 Å². The molecule has 0 N–H and O–H groups in total. The minimum absolute atomic E-state index is 0.281. The minimum Gasteiger partial charge on any atom is -0.265 e. The number of hydrogen-bond acceptors (Lipinski definition) is 3. The smallest absolute Gasteiger partial charge is 0.265 e. The zero-order valence-electron chi connectivity index (χ0n) is 15.2. The fraction of sp³-hybridized carbons (Fsp3) is 0. The van der Waals surface area contributed by atoms with E-state index in [-0.39, 0.29) is 5.91 Å². The summed E-state index contributed by atoms with van der Waals surface area (Å²) < 4.78 is 0.972. The van der Waals surface area contributed by atoms with E-state index in [2.05, 4.69) is 26.0 Å². The normalized spacial score (nSPS) is 15.4. The van der Waals surface area contributed by atoms with Gasteiger partial charge in [0.05, 0.1) is 6.21 Å². The maximum absolute atomic E-state index is 13.0. The van der Waals surface area contributed by atoms with E-state index in [1.54, 1.807) is 24.4 Å². The van der Waals surface area contributed by atoms with E-state index < -0.39 is 0 Å². The Morgan fingerprint density at radius 2 is 1.55 bits per heavy atom. The van der Waals surface area contributed by atoms with Gasteiger partial charge in [0.15, 0.2) is 5.84 Å². The summed E-state index contributed by atoms with van der Waals surface area (Å²) in [7, 11) is 0. The monoisotopic (exact) mass is 463 g/mol. The summed E-state index contributed by atoms with van der Waals surface area (Å²) in [6, 6.07) is 24.4. The van der Waals surface area contributed by atoms with Crippen molar-refractivity contribution >= 4 is 51.6 Å². The van der Waals surface area contributed by atoms with Crippen molar-refractivity contribution in [3.8, 4) is 0 Å². The quantitative estimate of drug-likeness (QED) is 0.357. The summed E-state index contributed by atoms with van der Waals surface area (Å²) in [5, 5.41) is 6.38. The molecule has 0 fully saturated rings. The van der Waals surface area contributed by atoms with Crippen LogP contribution < -0.4 is 0 Å². The van der Waals surface area contributed by atoms with Crippen LogP contribution in [0.25, 0.3) is 6.08 Å². The van der Waals surface area contributed by atoms with Crippen LogP contribution in [0.1, 0.15) is 16.7 Å². The highest BCUT2D eigenvalue weighted by Crippen LogP contribution is 2.23. The summed E-state index contributed by atoms with van der Waals surface area (Å²) in [5.41, 5.74) is 2.86. The molecule has 29 heavy (non-hydrogen) atoms. The lowest BCUT2D eigenvalue weighted by Crippen LogP contribution is -2.27. The molecule has 0 saturated carbocycles. The molecular formula is C23H15BrClN3O. The van der Waals surface area contributed by atoms with Crippen LogP contribution in [-0.2, 0) is 4.79 Å². The van der Waals surface area contributed by atoms with E-state index in [0.29, 0.717) is 16.6 Å². The molecule has 0 unspecified atom stereocenters. The Morgan fingerprint density at radius 3 is 2.24 bits per heavy atom. The van der Waals surface area contributed by atoms with E-state index in [1.165, 1.54) is 5.01 Å². The first-order valence-corrected chi connectivity index (χ1v) is 10.0. The number of carbonyl (C=O) groups is 1. The van der Waals surface area contributed by atoms with Gasteiger partial charge in [-0.3, -0.25) is 4.79 Å². The largest absolute Gasteiger partial charge is 0.298 e. The highest BCUT2D eigenvalue weighted by Gasteiger charge is 2.31. The Balaban J connectivity index is 1.71. The van der Waals surface area contributed by atoms with Crippen LogP contribution in [0.3, 0.4) is 0 Å². The first-order chi connectivity index (χ1) is 14.1. The third-order valence-corrected chi connectivity index (χ3v) is 5.02. The Labute approximate surface area is 182 Å². The zero-order chi connectivity index (χ0) is 20.2. The van der Waals surface area contributed by atoms with Crippen molar-refractivity contribution in [1.29, 1.82) is 0 Å².